The second-order valence-electron chi connectivity index (χ2n) is 5.09. The molecule has 1 aromatic carbocycles. The normalized spacial score (nSPS) is 10.8. The number of nitrogens with zero attached hydrogens (tertiary/aromatic N) is 1. The molecule has 0 aliphatic heterocycles. The summed E-state index contributed by atoms with van der Waals surface area (Å²) < 4.78 is 1.09. The van der Waals surface area contributed by atoms with Crippen LogP contribution in [0.4, 0.5) is 0 Å². The molecule has 4 heteroatoms. The number of hydrogen-bond donors (Lipinski definition) is 0. The Hall–Kier alpha value is -1.13. The number of rotatable bonds is 4. The predicted octanol–water partition coefficient (Wildman–Crippen LogP) is 4.87. The van der Waals surface area contributed by atoms with E-state index in [1.165, 1.54) is 11.1 Å². The fourth-order valence-corrected chi connectivity index (χ4v) is 4.56. The molecule has 2 nitrogen and oxygen atoms in total. The Morgan fingerprint density at radius 1 is 1.25 bits per heavy atom. The number of ketones is 1. The Morgan fingerprint density at radius 2 is 1.95 bits per heavy atom. The molecule has 0 aliphatic rings. The SMILES string of the molecule is CC(=O)c1c(C)cc(C)c(CSc2nc(C)cs2)c1C. The third-order valence-corrected chi connectivity index (χ3v) is 5.59. The minimum Gasteiger partial charge on any atom is -0.294 e. The van der Waals surface area contributed by atoms with Gasteiger partial charge in [-0.15, -0.1) is 11.3 Å². The average Bonchev–Trinajstić information content (AvgIpc) is 2.73. The second kappa shape index (κ2) is 6.10. The van der Waals surface area contributed by atoms with Gasteiger partial charge in [0.1, 0.15) is 4.34 Å². The van der Waals surface area contributed by atoms with Crippen LogP contribution < -0.4 is 0 Å². The molecular weight excluding hydrogens is 286 g/mol. The predicted molar refractivity (Wildman–Crippen MR) is 87.1 cm³/mol. The van der Waals surface area contributed by atoms with Gasteiger partial charge in [0, 0.05) is 22.4 Å². The standard InChI is InChI=1S/C16H19NOS2/c1-9-6-10(2)15(13(5)18)12(4)14(9)8-20-16-17-11(3)7-19-16/h6-7H,8H2,1-5H3. The summed E-state index contributed by atoms with van der Waals surface area (Å²) in [5.74, 6) is 1.02. The maximum atomic E-state index is 11.8. The third kappa shape index (κ3) is 3.13. The molecule has 0 fully saturated rings. The van der Waals surface area contributed by atoms with E-state index in [0.717, 1.165) is 32.5 Å². The number of thioether (sulfide) groups is 1. The lowest BCUT2D eigenvalue weighted by Crippen LogP contribution is -2.05. The van der Waals surface area contributed by atoms with Crippen LogP contribution in [-0.4, -0.2) is 10.8 Å². The van der Waals surface area contributed by atoms with Crippen molar-refractivity contribution in [1.82, 2.24) is 4.98 Å². The molecule has 0 N–H and O–H groups in total. The van der Waals surface area contributed by atoms with Gasteiger partial charge in [-0.2, -0.15) is 0 Å². The van der Waals surface area contributed by atoms with Crippen LogP contribution in [0.2, 0.25) is 0 Å². The smallest absolute Gasteiger partial charge is 0.160 e. The van der Waals surface area contributed by atoms with E-state index in [9.17, 15) is 4.79 Å². The van der Waals surface area contributed by atoms with E-state index < -0.39 is 0 Å². The van der Waals surface area contributed by atoms with Gasteiger partial charge in [0.15, 0.2) is 5.78 Å². The monoisotopic (exact) mass is 305 g/mol. The van der Waals surface area contributed by atoms with Gasteiger partial charge in [-0.25, -0.2) is 4.98 Å². The summed E-state index contributed by atoms with van der Waals surface area (Å²) in [5, 5.41) is 2.07. The van der Waals surface area contributed by atoms with Crippen molar-refractivity contribution in [3.63, 3.8) is 0 Å². The third-order valence-electron chi connectivity index (χ3n) is 3.42. The Labute approximate surface area is 128 Å². The van der Waals surface area contributed by atoms with Crippen LogP contribution in [0.3, 0.4) is 0 Å². The van der Waals surface area contributed by atoms with Gasteiger partial charge >= 0.3 is 0 Å². The molecule has 2 aromatic rings. The van der Waals surface area contributed by atoms with Crippen LogP contribution in [0.1, 0.15) is 45.2 Å². The first-order chi connectivity index (χ1) is 9.40. The molecule has 1 aromatic heterocycles. The van der Waals surface area contributed by atoms with Gasteiger partial charge in [-0.1, -0.05) is 17.8 Å². The minimum absolute atomic E-state index is 0.149. The fourth-order valence-electron chi connectivity index (χ4n) is 2.52. The number of carbonyl (C=O) groups excluding carboxylic acids is 1. The summed E-state index contributed by atoms with van der Waals surface area (Å²) in [7, 11) is 0. The minimum atomic E-state index is 0.149. The van der Waals surface area contributed by atoms with Crippen LogP contribution in [0, 0.1) is 27.7 Å². The van der Waals surface area contributed by atoms with E-state index in [1.54, 1.807) is 30.0 Å². The Balaban J connectivity index is 2.31. The molecule has 106 valence electrons. The van der Waals surface area contributed by atoms with E-state index in [4.69, 9.17) is 0 Å². The van der Waals surface area contributed by atoms with Crippen molar-refractivity contribution >= 4 is 28.9 Å². The van der Waals surface area contributed by atoms with Crippen LogP contribution in [0.5, 0.6) is 0 Å². The summed E-state index contributed by atoms with van der Waals surface area (Å²) in [6.45, 7) is 9.84. The zero-order valence-electron chi connectivity index (χ0n) is 12.5. The summed E-state index contributed by atoms with van der Waals surface area (Å²) in [4.78, 5) is 16.3. The highest BCUT2D eigenvalue weighted by Crippen LogP contribution is 2.31. The molecule has 0 amide bonds. The molecule has 1 heterocycles. The summed E-state index contributed by atoms with van der Waals surface area (Å²) >= 11 is 3.42. The molecule has 0 saturated carbocycles. The Bertz CT molecular complexity index is 659. The molecule has 0 radical (unpaired) electrons. The zero-order chi connectivity index (χ0) is 14.9. The molecule has 0 atom stereocenters. The van der Waals surface area contributed by atoms with Crippen molar-refractivity contribution < 1.29 is 4.79 Å². The summed E-state index contributed by atoms with van der Waals surface area (Å²) in [5.41, 5.74) is 6.66. The van der Waals surface area contributed by atoms with E-state index in [1.807, 2.05) is 13.8 Å². The number of hydrogen-bond acceptors (Lipinski definition) is 4. The zero-order valence-corrected chi connectivity index (χ0v) is 14.2. The van der Waals surface area contributed by atoms with Crippen LogP contribution >= 0.6 is 23.1 Å². The molecule has 0 spiro atoms. The van der Waals surface area contributed by atoms with Gasteiger partial charge in [0.25, 0.3) is 0 Å². The van der Waals surface area contributed by atoms with E-state index in [2.05, 4.69) is 30.3 Å². The number of aryl methyl sites for hydroxylation is 3. The molecule has 20 heavy (non-hydrogen) atoms. The first-order valence-electron chi connectivity index (χ1n) is 6.55. The Morgan fingerprint density at radius 3 is 2.50 bits per heavy atom. The van der Waals surface area contributed by atoms with Gasteiger partial charge in [0.2, 0.25) is 0 Å². The number of benzene rings is 1. The fraction of sp³-hybridized carbons (Fsp3) is 0.375. The van der Waals surface area contributed by atoms with E-state index in [0.29, 0.717) is 0 Å². The lowest BCUT2D eigenvalue weighted by Gasteiger charge is -2.15. The van der Waals surface area contributed by atoms with Gasteiger partial charge in [-0.3, -0.25) is 4.79 Å². The van der Waals surface area contributed by atoms with Gasteiger partial charge in [-0.05, 0) is 56.9 Å². The van der Waals surface area contributed by atoms with Crippen molar-refractivity contribution in [3.8, 4) is 0 Å². The van der Waals surface area contributed by atoms with Gasteiger partial charge < -0.3 is 0 Å². The van der Waals surface area contributed by atoms with Crippen molar-refractivity contribution in [2.24, 2.45) is 0 Å². The molecule has 0 bridgehead atoms. The molecule has 0 aliphatic carbocycles. The van der Waals surface area contributed by atoms with E-state index in [-0.39, 0.29) is 5.78 Å². The summed E-state index contributed by atoms with van der Waals surface area (Å²) in [6, 6.07) is 2.12. The first-order valence-corrected chi connectivity index (χ1v) is 8.42. The number of aromatic nitrogens is 1. The number of Topliss-reactive ketones (excluding diaryl/α,β-unsaturated/α-hetero) is 1. The highest BCUT2D eigenvalue weighted by atomic mass is 32.2. The lowest BCUT2D eigenvalue weighted by molar-refractivity contribution is 0.101. The number of thiazole rings is 1. The number of carbonyl (C=O) groups is 1. The largest absolute Gasteiger partial charge is 0.294 e. The first kappa shape index (κ1) is 15.3. The second-order valence-corrected chi connectivity index (χ2v) is 7.17. The van der Waals surface area contributed by atoms with E-state index >= 15 is 0 Å². The molecule has 0 unspecified atom stereocenters. The van der Waals surface area contributed by atoms with Crippen molar-refractivity contribution in [1.29, 1.82) is 0 Å². The Kier molecular flexibility index (Phi) is 4.66. The van der Waals surface area contributed by atoms with Crippen LogP contribution in [-0.2, 0) is 5.75 Å². The maximum Gasteiger partial charge on any atom is 0.160 e. The van der Waals surface area contributed by atoms with Crippen molar-refractivity contribution in [3.05, 3.63) is 45.0 Å². The van der Waals surface area contributed by atoms with Gasteiger partial charge in [0.05, 0.1) is 0 Å². The average molecular weight is 305 g/mol. The maximum absolute atomic E-state index is 11.8. The summed E-state index contributed by atoms with van der Waals surface area (Å²) in [6.07, 6.45) is 0. The van der Waals surface area contributed by atoms with Crippen LogP contribution in [0.15, 0.2) is 15.8 Å². The highest BCUT2D eigenvalue weighted by molar-refractivity contribution is 8.00. The highest BCUT2D eigenvalue weighted by Gasteiger charge is 2.14. The molecule has 0 saturated heterocycles. The quantitative estimate of drug-likeness (QED) is 0.596. The van der Waals surface area contributed by atoms with Crippen molar-refractivity contribution in [2.75, 3.05) is 0 Å². The van der Waals surface area contributed by atoms with Crippen molar-refractivity contribution in [2.45, 2.75) is 44.7 Å². The van der Waals surface area contributed by atoms with Crippen LogP contribution in [0.25, 0.3) is 0 Å². The molecular formula is C16H19NOS2. The topological polar surface area (TPSA) is 30.0 Å². The lowest BCUT2D eigenvalue weighted by atomic mass is 9.92. The molecule has 2 rings (SSSR count).